The van der Waals surface area contributed by atoms with Crippen LogP contribution in [-0.4, -0.2) is 25.3 Å². The first-order valence-corrected chi connectivity index (χ1v) is 13.5. The van der Waals surface area contributed by atoms with Crippen molar-refractivity contribution in [3.8, 4) is 0 Å². The molecule has 7 nitrogen and oxygen atoms in total. The summed E-state index contributed by atoms with van der Waals surface area (Å²) < 4.78 is 34.4. The third-order valence-electron chi connectivity index (χ3n) is 5.40. The predicted molar refractivity (Wildman–Crippen MR) is 132 cm³/mol. The molecule has 33 heavy (non-hydrogen) atoms. The molecule has 2 aromatic carbocycles. The number of rotatable bonds is 11. The minimum atomic E-state index is -4.17. The van der Waals surface area contributed by atoms with E-state index in [0.717, 1.165) is 40.9 Å². The Balaban J connectivity index is 1.69. The van der Waals surface area contributed by atoms with Gasteiger partial charge < -0.3 is 9.45 Å². The second-order valence-corrected chi connectivity index (χ2v) is 10.3. The summed E-state index contributed by atoms with van der Waals surface area (Å²) in [6.07, 6.45) is 0.927. The Kier molecular flexibility index (Phi) is 8.71. The summed E-state index contributed by atoms with van der Waals surface area (Å²) in [7, 11) is -4.17. The number of hydrogen-bond acceptors (Lipinski definition) is 7. The van der Waals surface area contributed by atoms with Crippen molar-refractivity contribution < 1.29 is 17.5 Å². The van der Waals surface area contributed by atoms with Gasteiger partial charge in [-0.05, 0) is 79.4 Å². The molecule has 0 aliphatic rings. The van der Waals surface area contributed by atoms with Crippen LogP contribution in [0.2, 0.25) is 0 Å². The molecule has 0 saturated carbocycles. The van der Waals surface area contributed by atoms with Crippen LogP contribution in [0.25, 0.3) is 0 Å². The van der Waals surface area contributed by atoms with Gasteiger partial charge in [-0.25, -0.2) is 13.0 Å². The molecule has 0 aliphatic carbocycles. The number of aromatic nitrogens is 1. The summed E-state index contributed by atoms with van der Waals surface area (Å²) >= 11 is 1.49. The Morgan fingerprint density at radius 1 is 1.06 bits per heavy atom. The van der Waals surface area contributed by atoms with Crippen molar-refractivity contribution in [1.82, 2.24) is 0 Å². The van der Waals surface area contributed by atoms with Crippen LogP contribution in [0.15, 0.2) is 64.1 Å². The first-order valence-electron chi connectivity index (χ1n) is 11.0. The van der Waals surface area contributed by atoms with Crippen molar-refractivity contribution in [3.05, 3.63) is 70.7 Å². The summed E-state index contributed by atoms with van der Waals surface area (Å²) in [5.41, 5.74) is 5.30. The Morgan fingerprint density at radius 3 is 2.48 bits per heavy atom. The Bertz CT molecular complexity index is 1190. The molecular weight excluding hydrogens is 456 g/mol. The second-order valence-electron chi connectivity index (χ2n) is 7.95. The maximum atomic E-state index is 10.8. The fourth-order valence-electron chi connectivity index (χ4n) is 3.55. The van der Waals surface area contributed by atoms with Gasteiger partial charge in [-0.15, -0.1) is 0 Å². The van der Waals surface area contributed by atoms with Crippen molar-refractivity contribution in [2.45, 2.75) is 46.7 Å². The van der Waals surface area contributed by atoms with E-state index in [0.29, 0.717) is 19.4 Å². The zero-order valence-corrected chi connectivity index (χ0v) is 20.9. The van der Waals surface area contributed by atoms with Crippen LogP contribution in [0, 0.1) is 13.8 Å². The zero-order chi connectivity index (χ0) is 23.8. The van der Waals surface area contributed by atoms with Crippen molar-refractivity contribution >= 4 is 38.0 Å². The lowest BCUT2D eigenvalue weighted by atomic mass is 10.1. The molecule has 1 aromatic heterocycles. The second kappa shape index (κ2) is 11.5. The first kappa shape index (κ1) is 25.0. The zero-order valence-electron chi connectivity index (χ0n) is 19.3. The smallest absolute Gasteiger partial charge is 0.408 e. The number of unbranched alkanes of at least 4 members (excludes halogenated alkanes) is 1. The molecule has 3 rings (SSSR count). The molecule has 0 N–H and O–H groups in total. The van der Waals surface area contributed by atoms with Gasteiger partial charge in [0.15, 0.2) is 0 Å². The molecule has 0 bridgehead atoms. The minimum absolute atomic E-state index is 0.335. The minimum Gasteiger partial charge on any atom is -0.748 e. The fraction of sp³-hybridized carbons (Fsp3) is 0.375. The highest BCUT2D eigenvalue weighted by atomic mass is 32.2. The molecule has 9 heteroatoms. The van der Waals surface area contributed by atoms with Gasteiger partial charge in [-0.1, -0.05) is 30.3 Å². The third-order valence-corrected chi connectivity index (χ3v) is 7.16. The normalized spacial score (nSPS) is 11.9. The van der Waals surface area contributed by atoms with Crippen molar-refractivity contribution in [2.75, 3.05) is 17.2 Å². The molecule has 0 atom stereocenters. The summed E-state index contributed by atoms with van der Waals surface area (Å²) in [6, 6.07) is 16.6. The van der Waals surface area contributed by atoms with Gasteiger partial charge in [0.05, 0.1) is 21.8 Å². The molecule has 1 heterocycles. The predicted octanol–water partition coefficient (Wildman–Crippen LogP) is 5.42. The highest BCUT2D eigenvalue weighted by Gasteiger charge is 2.16. The molecule has 0 spiro atoms. The molecule has 0 fully saturated rings. The number of anilines is 1. The van der Waals surface area contributed by atoms with E-state index in [-0.39, 0.29) is 5.75 Å². The third kappa shape index (κ3) is 7.45. The number of nitrogens with zero attached hydrogens (tertiary/aromatic N) is 4. The summed E-state index contributed by atoms with van der Waals surface area (Å²) in [5.74, 6) is -0.335. The largest absolute Gasteiger partial charge is 0.748 e. The highest BCUT2D eigenvalue weighted by Crippen LogP contribution is 2.28. The lowest BCUT2D eigenvalue weighted by molar-refractivity contribution is -0.686. The quantitative estimate of drug-likeness (QED) is 0.157. The molecule has 0 unspecified atom stereocenters. The lowest BCUT2D eigenvalue weighted by Gasteiger charge is -2.23. The van der Waals surface area contributed by atoms with Gasteiger partial charge in [-0.3, -0.25) is 0 Å². The van der Waals surface area contributed by atoms with Crippen molar-refractivity contribution in [2.24, 2.45) is 10.2 Å². The van der Waals surface area contributed by atoms with Crippen LogP contribution in [0.4, 0.5) is 16.5 Å². The lowest BCUT2D eigenvalue weighted by Crippen LogP contribution is -2.34. The van der Waals surface area contributed by atoms with Gasteiger partial charge in [-0.2, -0.15) is 0 Å². The van der Waals surface area contributed by atoms with E-state index < -0.39 is 10.1 Å². The van der Waals surface area contributed by atoms with Crippen molar-refractivity contribution in [1.29, 1.82) is 0 Å². The van der Waals surface area contributed by atoms with Gasteiger partial charge >= 0.3 is 5.13 Å². The maximum Gasteiger partial charge on any atom is 0.408 e. The van der Waals surface area contributed by atoms with Crippen LogP contribution < -0.4 is 9.47 Å². The molecule has 3 aromatic rings. The van der Waals surface area contributed by atoms with Crippen molar-refractivity contribution in [3.63, 3.8) is 0 Å². The maximum absolute atomic E-state index is 10.8. The van der Waals surface area contributed by atoms with Gasteiger partial charge in [0.2, 0.25) is 0 Å². The number of benzene rings is 2. The highest BCUT2D eigenvalue weighted by molar-refractivity contribution is 7.85. The number of aryl methyl sites for hydroxylation is 2. The van der Waals surface area contributed by atoms with Crippen LogP contribution in [-0.2, 0) is 23.2 Å². The summed E-state index contributed by atoms with van der Waals surface area (Å²) in [5, 5.41) is 11.7. The topological polar surface area (TPSA) is 89.0 Å². The Hall–Kier alpha value is -2.62. The van der Waals surface area contributed by atoms with E-state index in [1.165, 1.54) is 16.9 Å². The average Bonchev–Trinajstić information content (AvgIpc) is 3.13. The Labute approximate surface area is 200 Å². The van der Waals surface area contributed by atoms with E-state index in [9.17, 15) is 13.0 Å². The van der Waals surface area contributed by atoms with Gasteiger partial charge in [0.1, 0.15) is 11.4 Å². The molecule has 0 radical (unpaired) electrons. The average molecular weight is 487 g/mol. The SMILES string of the molecule is CCN(Cc1ccccc1)c1ccc(N=Nc2scc(C)[n+]2CCCCS(=O)(=O)[O-])c(C)c1. The molecular formula is C24H30N4O3S2. The molecule has 0 aliphatic heterocycles. The summed E-state index contributed by atoms with van der Waals surface area (Å²) in [4.78, 5) is 2.32. The van der Waals surface area contributed by atoms with Crippen LogP contribution in [0.5, 0.6) is 0 Å². The van der Waals surface area contributed by atoms with Gasteiger partial charge in [0, 0.05) is 29.9 Å². The fourth-order valence-corrected chi connectivity index (χ4v) is 4.96. The van der Waals surface area contributed by atoms with Crippen LogP contribution in [0.1, 0.15) is 36.6 Å². The standard InChI is InChI=1S/C24H30N4O3S2/c1-4-27(17-21-10-6-5-7-11-21)22-12-13-23(19(2)16-22)25-26-24-28(20(3)18-32-24)14-8-9-15-33(29,30)31/h5-7,10-13,16,18H,4,8-9,14-15,17H2,1-3H3. The van der Waals surface area contributed by atoms with Gasteiger partial charge in [0.25, 0.3) is 0 Å². The van der Waals surface area contributed by atoms with E-state index >= 15 is 0 Å². The van der Waals surface area contributed by atoms with E-state index in [2.05, 4.69) is 58.5 Å². The van der Waals surface area contributed by atoms with Crippen LogP contribution in [0.3, 0.4) is 0 Å². The summed E-state index contributed by atoms with van der Waals surface area (Å²) in [6.45, 7) is 8.51. The molecule has 0 saturated heterocycles. The number of hydrogen-bond donors (Lipinski definition) is 0. The molecule has 176 valence electrons. The van der Waals surface area contributed by atoms with E-state index in [1.807, 2.05) is 35.9 Å². The number of azo groups is 1. The van der Waals surface area contributed by atoms with E-state index in [1.54, 1.807) is 0 Å². The molecule has 0 amide bonds. The number of thiazole rings is 1. The van der Waals surface area contributed by atoms with Crippen LogP contribution >= 0.6 is 11.3 Å². The Morgan fingerprint density at radius 2 is 1.82 bits per heavy atom. The monoisotopic (exact) mass is 486 g/mol. The first-order chi connectivity index (χ1) is 15.8. The van der Waals surface area contributed by atoms with E-state index in [4.69, 9.17) is 0 Å².